The first-order valence-electron chi connectivity index (χ1n) is 18.0. The Morgan fingerprint density at radius 2 is 0.868 bits per heavy atom. The smallest absolute Gasteiger partial charge is 0.152 e. The molecule has 0 bridgehead atoms. The number of hydrogen-bond donors (Lipinski definition) is 0. The molecule has 53 heavy (non-hydrogen) atoms. The van der Waals surface area contributed by atoms with E-state index in [1.165, 1.54) is 27.8 Å². The van der Waals surface area contributed by atoms with Crippen molar-refractivity contribution in [3.63, 3.8) is 0 Å². The van der Waals surface area contributed by atoms with Gasteiger partial charge >= 0.3 is 0 Å². The SMILES string of the molecule is Cc1cc(-c2ccccc2C)c(N2c3ccc(-c4cc5ccccc5o4)cc3Oc3cc(-c4cc5ccccc5o4)ccc32)c(-c2ccccc2C)c1. The van der Waals surface area contributed by atoms with Crippen molar-refractivity contribution in [2.75, 3.05) is 4.90 Å². The third-order valence-corrected chi connectivity index (χ3v) is 10.4. The van der Waals surface area contributed by atoms with Crippen LogP contribution in [-0.4, -0.2) is 0 Å². The van der Waals surface area contributed by atoms with Crippen molar-refractivity contribution in [2.45, 2.75) is 20.8 Å². The quantitative estimate of drug-likeness (QED) is 0.181. The van der Waals surface area contributed by atoms with Crippen LogP contribution in [0.15, 0.2) is 167 Å². The number of furan rings is 2. The molecule has 3 heterocycles. The summed E-state index contributed by atoms with van der Waals surface area (Å²) in [6.45, 7) is 6.57. The van der Waals surface area contributed by atoms with Crippen LogP contribution in [0.2, 0.25) is 0 Å². The fraction of sp³-hybridized carbons (Fsp3) is 0.0612. The van der Waals surface area contributed by atoms with Crippen LogP contribution in [0.4, 0.5) is 17.1 Å². The first-order valence-corrected chi connectivity index (χ1v) is 18.0. The lowest BCUT2D eigenvalue weighted by atomic mass is 9.89. The maximum atomic E-state index is 6.94. The van der Waals surface area contributed by atoms with Gasteiger partial charge in [-0.3, -0.25) is 0 Å². The molecule has 2 aromatic heterocycles. The average Bonchev–Trinajstić information content (AvgIpc) is 3.82. The predicted molar refractivity (Wildman–Crippen MR) is 217 cm³/mol. The first kappa shape index (κ1) is 31.0. The van der Waals surface area contributed by atoms with E-state index in [2.05, 4.69) is 147 Å². The second-order valence-electron chi connectivity index (χ2n) is 13.9. The minimum Gasteiger partial charge on any atom is -0.456 e. The number of nitrogens with zero attached hydrogens (tertiary/aromatic N) is 1. The predicted octanol–water partition coefficient (Wildman–Crippen LogP) is 14.3. The standard InChI is InChI=1S/C49H35NO3/c1-30-24-39(37-16-8-4-12-31(37)2)49(40(25-30)38-17-9-5-13-32(38)3)50-41-22-20-35(45-26-33-14-6-10-18-43(33)51-45)28-47(41)53-48-29-36(21-23-42(48)50)46-27-34-15-7-11-19-44(34)52-46/h4-29H,1-3H3. The fourth-order valence-electron chi connectivity index (χ4n) is 7.79. The van der Waals surface area contributed by atoms with E-state index in [4.69, 9.17) is 13.6 Å². The van der Waals surface area contributed by atoms with Crippen molar-refractivity contribution in [3.05, 3.63) is 174 Å². The van der Waals surface area contributed by atoms with Gasteiger partial charge in [-0.25, -0.2) is 0 Å². The normalized spacial score (nSPS) is 12.2. The summed E-state index contributed by atoms with van der Waals surface area (Å²) in [7, 11) is 0. The van der Waals surface area contributed by atoms with Crippen LogP contribution in [-0.2, 0) is 0 Å². The number of ether oxygens (including phenoxy) is 1. The summed E-state index contributed by atoms with van der Waals surface area (Å²) >= 11 is 0. The summed E-state index contributed by atoms with van der Waals surface area (Å²) in [6.07, 6.45) is 0. The summed E-state index contributed by atoms with van der Waals surface area (Å²) in [5.74, 6) is 3.07. The molecule has 0 unspecified atom stereocenters. The summed E-state index contributed by atoms with van der Waals surface area (Å²) < 4.78 is 19.6. The Kier molecular flexibility index (Phi) is 7.12. The van der Waals surface area contributed by atoms with E-state index in [1.807, 2.05) is 36.4 Å². The van der Waals surface area contributed by atoms with Crippen LogP contribution in [0, 0.1) is 20.8 Å². The zero-order valence-electron chi connectivity index (χ0n) is 29.7. The van der Waals surface area contributed by atoms with Gasteiger partial charge in [-0.2, -0.15) is 0 Å². The largest absolute Gasteiger partial charge is 0.456 e. The van der Waals surface area contributed by atoms with Gasteiger partial charge in [-0.1, -0.05) is 84.9 Å². The Morgan fingerprint density at radius 1 is 0.415 bits per heavy atom. The molecule has 7 aromatic carbocycles. The Balaban J connectivity index is 1.25. The van der Waals surface area contributed by atoms with Gasteiger partial charge in [0.15, 0.2) is 11.5 Å². The number of aryl methyl sites for hydroxylation is 3. The van der Waals surface area contributed by atoms with Crippen LogP contribution >= 0.6 is 0 Å². The molecule has 9 aromatic rings. The fourth-order valence-corrected chi connectivity index (χ4v) is 7.79. The molecule has 0 spiro atoms. The second kappa shape index (κ2) is 12.2. The van der Waals surface area contributed by atoms with Gasteiger partial charge in [0.25, 0.3) is 0 Å². The number of hydrogen-bond acceptors (Lipinski definition) is 4. The summed E-state index contributed by atoms with van der Waals surface area (Å²) in [6, 6.07) is 55.2. The Bertz CT molecular complexity index is 2620. The monoisotopic (exact) mass is 685 g/mol. The highest BCUT2D eigenvalue weighted by molar-refractivity contribution is 6.02. The van der Waals surface area contributed by atoms with Gasteiger partial charge in [-0.15, -0.1) is 0 Å². The molecule has 0 fully saturated rings. The lowest BCUT2D eigenvalue weighted by molar-refractivity contribution is 0.477. The van der Waals surface area contributed by atoms with Gasteiger partial charge in [0.05, 0.1) is 17.1 Å². The summed E-state index contributed by atoms with van der Waals surface area (Å²) in [4.78, 5) is 2.39. The molecule has 0 amide bonds. The van der Waals surface area contributed by atoms with E-state index in [0.29, 0.717) is 0 Å². The molecule has 4 heteroatoms. The number of anilines is 3. The summed E-state index contributed by atoms with van der Waals surface area (Å²) in [5, 5.41) is 2.13. The van der Waals surface area contributed by atoms with Gasteiger partial charge in [0.2, 0.25) is 0 Å². The van der Waals surface area contributed by atoms with E-state index in [0.717, 1.165) is 84.3 Å². The zero-order valence-corrected chi connectivity index (χ0v) is 29.7. The van der Waals surface area contributed by atoms with Gasteiger partial charge in [0, 0.05) is 33.0 Å². The van der Waals surface area contributed by atoms with E-state index >= 15 is 0 Å². The van der Waals surface area contributed by atoms with Crippen LogP contribution < -0.4 is 9.64 Å². The summed E-state index contributed by atoms with van der Waals surface area (Å²) in [5.41, 5.74) is 14.9. The zero-order chi connectivity index (χ0) is 35.6. The molecule has 4 nitrogen and oxygen atoms in total. The van der Waals surface area contributed by atoms with Crippen molar-refractivity contribution in [1.29, 1.82) is 0 Å². The molecule has 10 rings (SSSR count). The molecular weight excluding hydrogens is 651 g/mol. The second-order valence-corrected chi connectivity index (χ2v) is 13.9. The van der Waals surface area contributed by atoms with Crippen molar-refractivity contribution in [1.82, 2.24) is 0 Å². The molecule has 0 N–H and O–H groups in total. The van der Waals surface area contributed by atoms with Crippen molar-refractivity contribution in [3.8, 4) is 56.4 Å². The number of benzene rings is 7. The molecule has 1 aliphatic rings. The number of fused-ring (bicyclic) bond motifs is 4. The van der Waals surface area contributed by atoms with E-state index in [9.17, 15) is 0 Å². The molecule has 254 valence electrons. The minimum absolute atomic E-state index is 0.740. The minimum atomic E-state index is 0.740. The lowest BCUT2D eigenvalue weighted by Crippen LogP contribution is -2.18. The highest BCUT2D eigenvalue weighted by atomic mass is 16.5. The van der Waals surface area contributed by atoms with Crippen molar-refractivity contribution < 1.29 is 13.6 Å². The van der Waals surface area contributed by atoms with Crippen molar-refractivity contribution >= 4 is 39.0 Å². The molecule has 1 aliphatic heterocycles. The Hall–Kier alpha value is -6.78. The third kappa shape index (κ3) is 5.22. The number of para-hydroxylation sites is 2. The first-order chi connectivity index (χ1) is 26.0. The molecule has 0 radical (unpaired) electrons. The van der Waals surface area contributed by atoms with Crippen LogP contribution in [0.5, 0.6) is 11.5 Å². The highest BCUT2D eigenvalue weighted by Crippen LogP contribution is 2.57. The van der Waals surface area contributed by atoms with Gasteiger partial charge < -0.3 is 18.5 Å². The van der Waals surface area contributed by atoms with Gasteiger partial charge in [0.1, 0.15) is 22.7 Å². The molecular formula is C49H35NO3. The van der Waals surface area contributed by atoms with Gasteiger partial charge in [-0.05, 0) is 121 Å². The van der Waals surface area contributed by atoms with Crippen LogP contribution in [0.1, 0.15) is 16.7 Å². The maximum Gasteiger partial charge on any atom is 0.152 e. The Labute approximate surface area is 308 Å². The molecule has 0 atom stereocenters. The van der Waals surface area contributed by atoms with Crippen LogP contribution in [0.3, 0.4) is 0 Å². The number of rotatable bonds is 5. The molecule has 0 saturated carbocycles. The average molecular weight is 686 g/mol. The van der Waals surface area contributed by atoms with Crippen molar-refractivity contribution in [2.24, 2.45) is 0 Å². The highest BCUT2D eigenvalue weighted by Gasteiger charge is 2.32. The maximum absolute atomic E-state index is 6.94. The van der Waals surface area contributed by atoms with E-state index < -0.39 is 0 Å². The molecule has 0 saturated heterocycles. The topological polar surface area (TPSA) is 38.8 Å². The molecule has 0 aliphatic carbocycles. The van der Waals surface area contributed by atoms with Crippen LogP contribution in [0.25, 0.3) is 66.8 Å². The Morgan fingerprint density at radius 3 is 1.34 bits per heavy atom. The van der Waals surface area contributed by atoms with E-state index in [1.54, 1.807) is 0 Å². The third-order valence-electron chi connectivity index (χ3n) is 10.4. The lowest BCUT2D eigenvalue weighted by Gasteiger charge is -2.36. The van der Waals surface area contributed by atoms with E-state index in [-0.39, 0.29) is 0 Å².